The standard InChI is InChI=1S/C18H18ClNO4/c1-23-18(22)14-7-8-15(19)16(11-14)20-17(21)9-10-24-12-13-5-3-2-4-6-13/h2-8,11H,9-10,12H2,1H3,(H,20,21). The highest BCUT2D eigenvalue weighted by Gasteiger charge is 2.11. The molecule has 0 aromatic heterocycles. The second kappa shape index (κ2) is 9.05. The molecular weight excluding hydrogens is 330 g/mol. The topological polar surface area (TPSA) is 64.6 Å². The van der Waals surface area contributed by atoms with E-state index in [0.717, 1.165) is 5.56 Å². The van der Waals surface area contributed by atoms with Crippen LogP contribution in [0.15, 0.2) is 48.5 Å². The highest BCUT2D eigenvalue weighted by molar-refractivity contribution is 6.33. The van der Waals surface area contributed by atoms with Crippen molar-refractivity contribution >= 4 is 29.2 Å². The number of methoxy groups -OCH3 is 1. The molecule has 126 valence electrons. The molecule has 1 amide bonds. The van der Waals surface area contributed by atoms with E-state index in [1.54, 1.807) is 0 Å². The van der Waals surface area contributed by atoms with Gasteiger partial charge in [-0.25, -0.2) is 4.79 Å². The molecule has 6 heteroatoms. The fraction of sp³-hybridized carbons (Fsp3) is 0.222. The van der Waals surface area contributed by atoms with Crippen molar-refractivity contribution in [1.29, 1.82) is 0 Å². The van der Waals surface area contributed by atoms with Crippen molar-refractivity contribution < 1.29 is 19.1 Å². The third kappa shape index (κ3) is 5.37. The Morgan fingerprint density at radius 1 is 1.12 bits per heavy atom. The quantitative estimate of drug-likeness (QED) is 0.613. The molecule has 24 heavy (non-hydrogen) atoms. The Morgan fingerprint density at radius 3 is 2.58 bits per heavy atom. The smallest absolute Gasteiger partial charge is 0.337 e. The molecule has 5 nitrogen and oxygen atoms in total. The number of benzene rings is 2. The minimum Gasteiger partial charge on any atom is -0.465 e. The number of nitrogens with one attached hydrogen (secondary N) is 1. The Kier molecular flexibility index (Phi) is 6.78. The van der Waals surface area contributed by atoms with E-state index in [4.69, 9.17) is 16.3 Å². The van der Waals surface area contributed by atoms with Gasteiger partial charge in [-0.3, -0.25) is 4.79 Å². The molecule has 0 spiro atoms. The number of hydrogen-bond donors (Lipinski definition) is 1. The van der Waals surface area contributed by atoms with Crippen LogP contribution in [0.25, 0.3) is 0 Å². The van der Waals surface area contributed by atoms with Crippen LogP contribution in [0.3, 0.4) is 0 Å². The molecule has 0 aliphatic rings. The van der Waals surface area contributed by atoms with Gasteiger partial charge in [0.15, 0.2) is 0 Å². The highest BCUT2D eigenvalue weighted by atomic mass is 35.5. The van der Waals surface area contributed by atoms with E-state index in [1.165, 1.54) is 25.3 Å². The Labute approximate surface area is 145 Å². The minimum absolute atomic E-state index is 0.186. The second-order valence-electron chi connectivity index (χ2n) is 5.02. The van der Waals surface area contributed by atoms with Gasteiger partial charge in [0.1, 0.15) is 0 Å². The van der Waals surface area contributed by atoms with E-state index in [-0.39, 0.29) is 18.9 Å². The molecule has 1 N–H and O–H groups in total. The van der Waals surface area contributed by atoms with E-state index < -0.39 is 5.97 Å². The predicted octanol–water partition coefficient (Wildman–Crippen LogP) is 3.67. The first-order valence-electron chi connectivity index (χ1n) is 7.39. The third-order valence-electron chi connectivity index (χ3n) is 3.25. The third-order valence-corrected chi connectivity index (χ3v) is 3.58. The molecule has 0 fully saturated rings. The molecule has 0 bridgehead atoms. The van der Waals surface area contributed by atoms with Crippen molar-refractivity contribution in [2.45, 2.75) is 13.0 Å². The predicted molar refractivity (Wildman–Crippen MR) is 92.1 cm³/mol. The Hall–Kier alpha value is -2.37. The summed E-state index contributed by atoms with van der Waals surface area (Å²) in [5, 5.41) is 3.02. The van der Waals surface area contributed by atoms with Crippen LogP contribution in [-0.2, 0) is 20.9 Å². The lowest BCUT2D eigenvalue weighted by Crippen LogP contribution is -2.15. The summed E-state index contributed by atoms with van der Waals surface area (Å²) < 4.78 is 10.1. The average molecular weight is 348 g/mol. The summed E-state index contributed by atoms with van der Waals surface area (Å²) in [6.45, 7) is 0.738. The van der Waals surface area contributed by atoms with Crippen molar-refractivity contribution in [1.82, 2.24) is 0 Å². The lowest BCUT2D eigenvalue weighted by Gasteiger charge is -2.09. The van der Waals surface area contributed by atoms with Crippen molar-refractivity contribution in [2.24, 2.45) is 0 Å². The van der Waals surface area contributed by atoms with Crippen LogP contribution in [0.1, 0.15) is 22.3 Å². The van der Waals surface area contributed by atoms with Crippen LogP contribution in [0, 0.1) is 0 Å². The van der Waals surface area contributed by atoms with Gasteiger partial charge in [0.2, 0.25) is 5.91 Å². The SMILES string of the molecule is COC(=O)c1ccc(Cl)c(NC(=O)CCOCc2ccccc2)c1. The van der Waals surface area contributed by atoms with Gasteiger partial charge in [0.25, 0.3) is 0 Å². The second-order valence-corrected chi connectivity index (χ2v) is 5.43. The lowest BCUT2D eigenvalue weighted by atomic mass is 10.2. The van der Waals surface area contributed by atoms with E-state index in [0.29, 0.717) is 22.9 Å². The van der Waals surface area contributed by atoms with Crippen LogP contribution in [0.2, 0.25) is 5.02 Å². The molecule has 0 saturated carbocycles. The van der Waals surface area contributed by atoms with Crippen LogP contribution < -0.4 is 5.32 Å². The molecule has 0 aliphatic carbocycles. The number of anilines is 1. The summed E-state index contributed by atoms with van der Waals surface area (Å²) in [4.78, 5) is 23.5. The van der Waals surface area contributed by atoms with Gasteiger partial charge in [0.05, 0.1) is 43.0 Å². The van der Waals surface area contributed by atoms with E-state index in [1.807, 2.05) is 30.3 Å². The lowest BCUT2D eigenvalue weighted by molar-refractivity contribution is -0.117. The normalized spacial score (nSPS) is 10.2. The average Bonchev–Trinajstić information content (AvgIpc) is 2.61. The number of carbonyl (C=O) groups is 2. The minimum atomic E-state index is -0.492. The van der Waals surface area contributed by atoms with Gasteiger partial charge in [-0.15, -0.1) is 0 Å². The van der Waals surface area contributed by atoms with E-state index >= 15 is 0 Å². The Morgan fingerprint density at radius 2 is 1.88 bits per heavy atom. The summed E-state index contributed by atoms with van der Waals surface area (Å²) in [5.74, 6) is -0.736. The van der Waals surface area contributed by atoms with Crippen molar-refractivity contribution in [3.63, 3.8) is 0 Å². The van der Waals surface area contributed by atoms with Gasteiger partial charge in [0, 0.05) is 0 Å². The van der Waals surface area contributed by atoms with Crippen LogP contribution in [0.5, 0.6) is 0 Å². The number of halogens is 1. The maximum atomic E-state index is 12.0. The van der Waals surface area contributed by atoms with Gasteiger partial charge < -0.3 is 14.8 Å². The number of rotatable bonds is 7. The van der Waals surface area contributed by atoms with Crippen LogP contribution >= 0.6 is 11.6 Å². The summed E-state index contributed by atoms with van der Waals surface area (Å²) >= 11 is 6.03. The van der Waals surface area contributed by atoms with Crippen molar-refractivity contribution in [3.8, 4) is 0 Å². The molecule has 2 aromatic carbocycles. The fourth-order valence-corrected chi connectivity index (χ4v) is 2.17. The maximum Gasteiger partial charge on any atom is 0.337 e. The first-order chi connectivity index (χ1) is 11.6. The van der Waals surface area contributed by atoms with Crippen LogP contribution in [0.4, 0.5) is 5.69 Å². The number of carbonyl (C=O) groups excluding carboxylic acids is 2. The molecule has 0 radical (unpaired) electrons. The van der Waals surface area contributed by atoms with Gasteiger partial charge >= 0.3 is 5.97 Å². The molecule has 0 aliphatic heterocycles. The Balaban J connectivity index is 1.82. The monoisotopic (exact) mass is 347 g/mol. The molecule has 0 saturated heterocycles. The first kappa shape index (κ1) is 18.0. The zero-order chi connectivity index (χ0) is 17.4. The van der Waals surface area contributed by atoms with Gasteiger partial charge in [-0.05, 0) is 23.8 Å². The Bertz CT molecular complexity index is 703. The van der Waals surface area contributed by atoms with Crippen LogP contribution in [-0.4, -0.2) is 25.6 Å². The highest BCUT2D eigenvalue weighted by Crippen LogP contribution is 2.23. The molecule has 2 aromatic rings. The molecule has 0 unspecified atom stereocenters. The first-order valence-corrected chi connectivity index (χ1v) is 7.77. The largest absolute Gasteiger partial charge is 0.465 e. The summed E-state index contributed by atoms with van der Waals surface area (Å²) in [6.07, 6.45) is 0.186. The molecule has 2 rings (SSSR count). The molecule has 0 heterocycles. The number of hydrogen-bond acceptors (Lipinski definition) is 4. The molecule has 0 atom stereocenters. The summed E-state index contributed by atoms with van der Waals surface area (Å²) in [6, 6.07) is 14.3. The zero-order valence-corrected chi connectivity index (χ0v) is 14.0. The molecular formula is C18H18ClNO4. The van der Waals surface area contributed by atoms with Crippen molar-refractivity contribution in [2.75, 3.05) is 19.0 Å². The van der Waals surface area contributed by atoms with Gasteiger partial charge in [-0.2, -0.15) is 0 Å². The van der Waals surface area contributed by atoms with Crippen molar-refractivity contribution in [3.05, 3.63) is 64.7 Å². The zero-order valence-electron chi connectivity index (χ0n) is 13.3. The number of amides is 1. The number of esters is 1. The summed E-state index contributed by atoms with van der Waals surface area (Å²) in [5.41, 5.74) is 1.73. The maximum absolute atomic E-state index is 12.0. The number of ether oxygens (including phenoxy) is 2. The van der Waals surface area contributed by atoms with Gasteiger partial charge in [-0.1, -0.05) is 41.9 Å². The fourth-order valence-electron chi connectivity index (χ4n) is 2.01. The van der Waals surface area contributed by atoms with E-state index in [2.05, 4.69) is 10.1 Å². The van der Waals surface area contributed by atoms with E-state index in [9.17, 15) is 9.59 Å². The summed E-state index contributed by atoms with van der Waals surface area (Å²) in [7, 11) is 1.29.